The van der Waals surface area contributed by atoms with Gasteiger partial charge in [0.1, 0.15) is 0 Å². The van der Waals surface area contributed by atoms with Crippen molar-refractivity contribution in [3.8, 4) is 0 Å². The molecule has 1 heteroatoms. The Morgan fingerprint density at radius 3 is 2.54 bits per heavy atom. The molecule has 0 aliphatic heterocycles. The van der Waals surface area contributed by atoms with Gasteiger partial charge in [0, 0.05) is 19.2 Å². The minimum atomic E-state index is 0.484. The van der Waals surface area contributed by atoms with Crippen LogP contribution < -0.4 is 0 Å². The van der Waals surface area contributed by atoms with Gasteiger partial charge in [-0.05, 0) is 19.8 Å². The Labute approximate surface area is 81.6 Å². The highest BCUT2D eigenvalue weighted by atomic mass is 14.6. The van der Waals surface area contributed by atoms with E-state index in [-0.39, 0.29) is 0 Å². The SMILES string of the molecule is C=CCC(C=NC)C/C=C(/C)C=C. The molecule has 0 amide bonds. The summed E-state index contributed by atoms with van der Waals surface area (Å²) in [5.74, 6) is 0.484. The van der Waals surface area contributed by atoms with Crippen molar-refractivity contribution >= 4 is 6.21 Å². The first-order valence-corrected chi connectivity index (χ1v) is 4.57. The van der Waals surface area contributed by atoms with Crippen molar-refractivity contribution < 1.29 is 0 Å². The van der Waals surface area contributed by atoms with Gasteiger partial charge >= 0.3 is 0 Å². The second-order valence-electron chi connectivity index (χ2n) is 3.08. The largest absolute Gasteiger partial charge is 0.301 e. The first kappa shape index (κ1) is 11.9. The van der Waals surface area contributed by atoms with E-state index in [2.05, 4.69) is 31.2 Å². The fourth-order valence-electron chi connectivity index (χ4n) is 1.06. The standard InChI is InChI=1S/C12H19N/c1-5-7-12(10-13-4)9-8-11(3)6-2/h5-6,8,10,12H,1-2,7,9H2,3-4H3/b11-8-,13-10?. The maximum atomic E-state index is 4.03. The monoisotopic (exact) mass is 177 g/mol. The minimum absolute atomic E-state index is 0.484. The van der Waals surface area contributed by atoms with Crippen LogP contribution in [0.4, 0.5) is 0 Å². The van der Waals surface area contributed by atoms with E-state index in [1.807, 2.05) is 18.4 Å². The molecule has 0 aromatic heterocycles. The van der Waals surface area contributed by atoms with Gasteiger partial charge in [0.25, 0.3) is 0 Å². The molecular formula is C12H19N. The van der Waals surface area contributed by atoms with Gasteiger partial charge in [0.2, 0.25) is 0 Å². The van der Waals surface area contributed by atoms with Crippen molar-refractivity contribution in [3.63, 3.8) is 0 Å². The summed E-state index contributed by atoms with van der Waals surface area (Å²) in [6.07, 6.45) is 9.97. The van der Waals surface area contributed by atoms with E-state index in [0.717, 1.165) is 12.8 Å². The lowest BCUT2D eigenvalue weighted by atomic mass is 10.0. The van der Waals surface area contributed by atoms with Crippen molar-refractivity contribution in [1.82, 2.24) is 0 Å². The van der Waals surface area contributed by atoms with Gasteiger partial charge in [-0.15, -0.1) is 6.58 Å². The number of nitrogens with zero attached hydrogens (tertiary/aromatic N) is 1. The molecule has 1 unspecified atom stereocenters. The van der Waals surface area contributed by atoms with Gasteiger partial charge < -0.3 is 4.99 Å². The van der Waals surface area contributed by atoms with Crippen LogP contribution in [0.2, 0.25) is 0 Å². The van der Waals surface area contributed by atoms with Gasteiger partial charge in [-0.25, -0.2) is 0 Å². The molecule has 0 aromatic rings. The van der Waals surface area contributed by atoms with Crippen molar-refractivity contribution in [2.24, 2.45) is 10.9 Å². The Morgan fingerprint density at radius 2 is 2.08 bits per heavy atom. The first-order valence-electron chi connectivity index (χ1n) is 4.57. The lowest BCUT2D eigenvalue weighted by Crippen LogP contribution is -1.99. The van der Waals surface area contributed by atoms with Crippen molar-refractivity contribution in [2.45, 2.75) is 19.8 Å². The highest BCUT2D eigenvalue weighted by molar-refractivity contribution is 5.61. The van der Waals surface area contributed by atoms with E-state index >= 15 is 0 Å². The van der Waals surface area contributed by atoms with E-state index in [4.69, 9.17) is 0 Å². The molecular weight excluding hydrogens is 158 g/mol. The normalized spacial score (nSPS) is 14.5. The minimum Gasteiger partial charge on any atom is -0.301 e. The van der Waals surface area contributed by atoms with Crippen LogP contribution >= 0.6 is 0 Å². The van der Waals surface area contributed by atoms with Gasteiger partial charge in [0.15, 0.2) is 0 Å². The Hall–Kier alpha value is -1.11. The Balaban J connectivity index is 4.09. The second kappa shape index (κ2) is 7.53. The maximum Gasteiger partial charge on any atom is 0.0273 e. The molecule has 72 valence electrons. The number of allylic oxidation sites excluding steroid dienone is 4. The molecule has 0 aliphatic carbocycles. The fourth-order valence-corrected chi connectivity index (χ4v) is 1.06. The zero-order valence-electron chi connectivity index (χ0n) is 8.66. The van der Waals surface area contributed by atoms with Crippen molar-refractivity contribution in [3.05, 3.63) is 37.0 Å². The molecule has 1 atom stereocenters. The molecule has 0 aromatic carbocycles. The average Bonchev–Trinajstić information content (AvgIpc) is 2.14. The summed E-state index contributed by atoms with van der Waals surface area (Å²) >= 11 is 0. The second-order valence-corrected chi connectivity index (χ2v) is 3.08. The molecule has 0 N–H and O–H groups in total. The highest BCUT2D eigenvalue weighted by Gasteiger charge is 2.00. The summed E-state index contributed by atoms with van der Waals surface area (Å²) in [5.41, 5.74) is 1.22. The third-order valence-electron chi connectivity index (χ3n) is 1.89. The quantitative estimate of drug-likeness (QED) is 0.335. The number of aliphatic imine (C=N–C) groups is 1. The van der Waals surface area contributed by atoms with Crippen LogP contribution in [0.3, 0.4) is 0 Å². The molecule has 0 heterocycles. The topological polar surface area (TPSA) is 12.4 Å². The number of rotatable bonds is 6. The van der Waals surface area contributed by atoms with Crippen molar-refractivity contribution in [1.29, 1.82) is 0 Å². The van der Waals surface area contributed by atoms with Crippen LogP contribution in [-0.4, -0.2) is 13.3 Å². The molecule has 0 fully saturated rings. The number of hydrogen-bond acceptors (Lipinski definition) is 1. The maximum absolute atomic E-state index is 4.03. The number of hydrogen-bond donors (Lipinski definition) is 0. The van der Waals surface area contributed by atoms with E-state index in [9.17, 15) is 0 Å². The van der Waals surface area contributed by atoms with Gasteiger partial charge in [-0.2, -0.15) is 0 Å². The van der Waals surface area contributed by atoms with E-state index < -0.39 is 0 Å². The average molecular weight is 177 g/mol. The zero-order valence-corrected chi connectivity index (χ0v) is 8.66. The summed E-state index contributed by atoms with van der Waals surface area (Å²) in [5, 5.41) is 0. The summed E-state index contributed by atoms with van der Waals surface area (Å²) < 4.78 is 0. The van der Waals surface area contributed by atoms with E-state index in [0.29, 0.717) is 5.92 Å². The van der Waals surface area contributed by atoms with Crippen LogP contribution in [0.25, 0.3) is 0 Å². The lowest BCUT2D eigenvalue weighted by molar-refractivity contribution is 0.729. The Kier molecular flexibility index (Phi) is 6.89. The summed E-state index contributed by atoms with van der Waals surface area (Å²) in [6, 6.07) is 0. The van der Waals surface area contributed by atoms with Crippen LogP contribution in [0.5, 0.6) is 0 Å². The Bertz CT molecular complexity index is 211. The smallest absolute Gasteiger partial charge is 0.0273 e. The van der Waals surface area contributed by atoms with Gasteiger partial charge in [-0.3, -0.25) is 0 Å². The third kappa shape index (κ3) is 6.09. The summed E-state index contributed by atoms with van der Waals surface area (Å²) in [7, 11) is 1.81. The predicted molar refractivity (Wildman–Crippen MR) is 61.3 cm³/mol. The first-order chi connectivity index (χ1) is 6.24. The molecule has 13 heavy (non-hydrogen) atoms. The molecule has 0 radical (unpaired) electrons. The Morgan fingerprint density at radius 1 is 1.38 bits per heavy atom. The predicted octanol–water partition coefficient (Wildman–Crippen LogP) is 3.40. The summed E-state index contributed by atoms with van der Waals surface area (Å²) in [4.78, 5) is 4.03. The van der Waals surface area contributed by atoms with E-state index in [1.54, 1.807) is 7.05 Å². The molecule has 0 spiro atoms. The highest BCUT2D eigenvalue weighted by Crippen LogP contribution is 2.09. The third-order valence-corrected chi connectivity index (χ3v) is 1.89. The van der Waals surface area contributed by atoms with Crippen LogP contribution in [0.15, 0.2) is 42.0 Å². The molecule has 0 rings (SSSR count). The summed E-state index contributed by atoms with van der Waals surface area (Å²) in [6.45, 7) is 9.49. The molecule has 0 bridgehead atoms. The van der Waals surface area contributed by atoms with Crippen LogP contribution in [0, 0.1) is 5.92 Å². The van der Waals surface area contributed by atoms with Crippen LogP contribution in [0.1, 0.15) is 19.8 Å². The van der Waals surface area contributed by atoms with Gasteiger partial charge in [-0.1, -0.05) is 30.4 Å². The van der Waals surface area contributed by atoms with Crippen LogP contribution in [-0.2, 0) is 0 Å². The molecule has 0 saturated carbocycles. The molecule has 0 aliphatic rings. The van der Waals surface area contributed by atoms with Gasteiger partial charge in [0.05, 0.1) is 0 Å². The fraction of sp³-hybridized carbons (Fsp3) is 0.417. The molecule has 0 saturated heterocycles. The molecule has 1 nitrogen and oxygen atoms in total. The van der Waals surface area contributed by atoms with Crippen molar-refractivity contribution in [2.75, 3.05) is 7.05 Å². The lowest BCUT2D eigenvalue weighted by Gasteiger charge is -2.05. The van der Waals surface area contributed by atoms with E-state index in [1.165, 1.54) is 5.57 Å². The zero-order chi connectivity index (χ0) is 10.1.